The van der Waals surface area contributed by atoms with Crippen molar-refractivity contribution in [3.8, 4) is 0 Å². The summed E-state index contributed by atoms with van der Waals surface area (Å²) < 4.78 is 14.7. The van der Waals surface area contributed by atoms with Crippen molar-refractivity contribution < 1.29 is 4.39 Å². The normalized spacial score (nSPS) is 25.6. The topological polar surface area (TPSA) is 12.0 Å². The summed E-state index contributed by atoms with van der Waals surface area (Å²) >= 11 is 3.28. The number of halogens is 2. The average molecular weight is 300 g/mol. The highest BCUT2D eigenvalue weighted by atomic mass is 79.9. The van der Waals surface area contributed by atoms with E-state index in [9.17, 15) is 4.39 Å². The van der Waals surface area contributed by atoms with Gasteiger partial charge in [0, 0.05) is 12.0 Å². The molecule has 1 aliphatic rings. The van der Waals surface area contributed by atoms with Crippen molar-refractivity contribution >= 4 is 15.9 Å². The van der Waals surface area contributed by atoms with Crippen LogP contribution < -0.4 is 5.32 Å². The van der Waals surface area contributed by atoms with Crippen molar-refractivity contribution in [3.05, 3.63) is 34.1 Å². The van der Waals surface area contributed by atoms with Gasteiger partial charge in [0.2, 0.25) is 0 Å². The number of nitrogens with one attached hydrogen (secondary N) is 1. The van der Waals surface area contributed by atoms with E-state index in [1.807, 2.05) is 19.2 Å². The largest absolute Gasteiger partial charge is 0.316 e. The Morgan fingerprint density at radius 3 is 2.76 bits per heavy atom. The van der Waals surface area contributed by atoms with Crippen LogP contribution in [0.3, 0.4) is 0 Å². The second kappa shape index (κ2) is 5.96. The fourth-order valence-corrected chi connectivity index (χ4v) is 3.21. The summed E-state index contributed by atoms with van der Waals surface area (Å²) in [7, 11) is 1.98. The highest BCUT2D eigenvalue weighted by molar-refractivity contribution is 9.10. The Morgan fingerprint density at radius 1 is 1.24 bits per heavy atom. The molecular formula is C14H19BrFN. The molecule has 1 aromatic carbocycles. The van der Waals surface area contributed by atoms with Gasteiger partial charge in [-0.25, -0.2) is 4.39 Å². The molecule has 2 atom stereocenters. The Bertz CT molecular complexity index is 380. The summed E-state index contributed by atoms with van der Waals surface area (Å²) in [6.07, 6.45) is 5.95. The van der Waals surface area contributed by atoms with Gasteiger partial charge in [-0.2, -0.15) is 0 Å². The number of hydrogen-bond acceptors (Lipinski definition) is 1. The molecular weight excluding hydrogens is 281 g/mol. The molecule has 94 valence electrons. The van der Waals surface area contributed by atoms with E-state index >= 15 is 0 Å². The Balaban J connectivity index is 2.31. The van der Waals surface area contributed by atoms with Crippen LogP contribution in [0.25, 0.3) is 0 Å². The van der Waals surface area contributed by atoms with Crippen molar-refractivity contribution in [1.82, 2.24) is 5.32 Å². The first-order chi connectivity index (χ1) is 8.24. The number of rotatable bonds is 2. The lowest BCUT2D eigenvalue weighted by Crippen LogP contribution is -2.31. The van der Waals surface area contributed by atoms with E-state index in [1.165, 1.54) is 19.3 Å². The molecule has 1 aromatic rings. The summed E-state index contributed by atoms with van der Waals surface area (Å²) in [6.45, 7) is 0. The van der Waals surface area contributed by atoms with Crippen LogP contribution in [-0.2, 0) is 0 Å². The van der Waals surface area contributed by atoms with Crippen molar-refractivity contribution in [1.29, 1.82) is 0 Å². The zero-order valence-corrected chi connectivity index (χ0v) is 11.8. The zero-order valence-electron chi connectivity index (χ0n) is 10.2. The highest BCUT2D eigenvalue weighted by Gasteiger charge is 2.26. The molecule has 0 saturated heterocycles. The summed E-state index contributed by atoms with van der Waals surface area (Å²) in [5.74, 6) is 0.222. The number of hydrogen-bond donors (Lipinski definition) is 1. The van der Waals surface area contributed by atoms with Crippen LogP contribution in [0, 0.1) is 5.82 Å². The van der Waals surface area contributed by atoms with Crippen molar-refractivity contribution in [3.63, 3.8) is 0 Å². The van der Waals surface area contributed by atoms with E-state index < -0.39 is 0 Å². The standard InChI is InChI=1S/C14H19BrFN/c1-17-13-9-4-2-3-6-10(13)11-7-5-8-12(15)14(11)16/h5,7-8,10,13,17H,2-4,6,9H2,1H3. The Kier molecular flexibility index (Phi) is 4.57. The van der Waals surface area contributed by atoms with E-state index in [2.05, 4.69) is 21.2 Å². The van der Waals surface area contributed by atoms with Crippen molar-refractivity contribution in [2.75, 3.05) is 7.05 Å². The summed E-state index contributed by atoms with van der Waals surface area (Å²) in [4.78, 5) is 0. The monoisotopic (exact) mass is 299 g/mol. The predicted octanol–water partition coefficient (Wildman–Crippen LogP) is 4.22. The van der Waals surface area contributed by atoms with E-state index in [4.69, 9.17) is 0 Å². The Hall–Kier alpha value is -0.410. The van der Waals surface area contributed by atoms with Crippen LogP contribution >= 0.6 is 15.9 Å². The first kappa shape index (κ1) is 13.0. The van der Waals surface area contributed by atoms with Gasteiger partial charge in [-0.1, -0.05) is 31.4 Å². The average Bonchev–Trinajstić information content (AvgIpc) is 2.57. The Labute approximate surface area is 111 Å². The maximum Gasteiger partial charge on any atom is 0.140 e. The second-order valence-corrected chi connectivity index (χ2v) is 5.64. The minimum absolute atomic E-state index is 0.0837. The van der Waals surface area contributed by atoms with Crippen LogP contribution in [0.2, 0.25) is 0 Å². The molecule has 1 fully saturated rings. The van der Waals surface area contributed by atoms with Gasteiger partial charge in [-0.05, 0) is 47.4 Å². The third-order valence-electron chi connectivity index (χ3n) is 3.77. The third kappa shape index (κ3) is 2.89. The molecule has 0 bridgehead atoms. The fourth-order valence-electron chi connectivity index (χ4n) is 2.83. The van der Waals surface area contributed by atoms with Gasteiger partial charge in [0.1, 0.15) is 5.82 Å². The zero-order chi connectivity index (χ0) is 12.3. The predicted molar refractivity (Wildman–Crippen MR) is 72.8 cm³/mol. The van der Waals surface area contributed by atoms with Crippen molar-refractivity contribution in [2.45, 2.75) is 44.1 Å². The van der Waals surface area contributed by atoms with Crippen LogP contribution in [0.4, 0.5) is 4.39 Å². The summed E-state index contributed by atoms with van der Waals surface area (Å²) in [6, 6.07) is 6.03. The maximum absolute atomic E-state index is 14.2. The molecule has 0 amide bonds. The molecule has 1 saturated carbocycles. The third-order valence-corrected chi connectivity index (χ3v) is 4.38. The number of likely N-dealkylation sites (N-methyl/N-ethyl adjacent to an activating group) is 1. The molecule has 2 unspecified atom stereocenters. The minimum atomic E-state index is -0.0837. The minimum Gasteiger partial charge on any atom is -0.316 e. The molecule has 0 heterocycles. The van der Waals surface area contributed by atoms with E-state index in [-0.39, 0.29) is 5.82 Å². The van der Waals surface area contributed by atoms with Gasteiger partial charge in [0.05, 0.1) is 4.47 Å². The van der Waals surface area contributed by atoms with Crippen LogP contribution in [0.15, 0.2) is 22.7 Å². The molecule has 0 spiro atoms. The molecule has 0 aliphatic heterocycles. The lowest BCUT2D eigenvalue weighted by molar-refractivity contribution is 0.424. The number of benzene rings is 1. The molecule has 2 rings (SSSR count). The molecule has 0 aromatic heterocycles. The van der Waals surface area contributed by atoms with Crippen LogP contribution in [-0.4, -0.2) is 13.1 Å². The van der Waals surface area contributed by atoms with E-state index in [0.29, 0.717) is 16.4 Å². The molecule has 1 nitrogen and oxygen atoms in total. The molecule has 0 radical (unpaired) electrons. The smallest absolute Gasteiger partial charge is 0.140 e. The van der Waals surface area contributed by atoms with Crippen LogP contribution in [0.5, 0.6) is 0 Å². The van der Waals surface area contributed by atoms with Gasteiger partial charge in [0.15, 0.2) is 0 Å². The molecule has 1 N–H and O–H groups in total. The quantitative estimate of drug-likeness (QED) is 0.806. The van der Waals surface area contributed by atoms with E-state index in [0.717, 1.165) is 18.4 Å². The van der Waals surface area contributed by atoms with Gasteiger partial charge in [-0.3, -0.25) is 0 Å². The second-order valence-electron chi connectivity index (χ2n) is 4.78. The fraction of sp³-hybridized carbons (Fsp3) is 0.571. The molecule has 1 aliphatic carbocycles. The van der Waals surface area contributed by atoms with Gasteiger partial charge in [-0.15, -0.1) is 0 Å². The Morgan fingerprint density at radius 2 is 2.00 bits per heavy atom. The van der Waals surface area contributed by atoms with Crippen LogP contribution in [0.1, 0.15) is 43.6 Å². The van der Waals surface area contributed by atoms with Gasteiger partial charge >= 0.3 is 0 Å². The SMILES string of the molecule is CNC1CCCCCC1c1cccc(Br)c1F. The van der Waals surface area contributed by atoms with Gasteiger partial charge < -0.3 is 5.32 Å². The lowest BCUT2D eigenvalue weighted by atomic mass is 9.87. The van der Waals surface area contributed by atoms with Crippen molar-refractivity contribution in [2.24, 2.45) is 0 Å². The maximum atomic E-state index is 14.2. The first-order valence-electron chi connectivity index (χ1n) is 6.35. The van der Waals surface area contributed by atoms with E-state index in [1.54, 1.807) is 6.07 Å². The molecule has 17 heavy (non-hydrogen) atoms. The summed E-state index contributed by atoms with van der Waals surface area (Å²) in [5, 5.41) is 3.36. The lowest BCUT2D eigenvalue weighted by Gasteiger charge is -2.25. The van der Waals surface area contributed by atoms with Gasteiger partial charge in [0.25, 0.3) is 0 Å². The first-order valence-corrected chi connectivity index (χ1v) is 7.14. The summed E-state index contributed by atoms with van der Waals surface area (Å²) in [5.41, 5.74) is 0.862. The highest BCUT2D eigenvalue weighted by Crippen LogP contribution is 2.35. The molecule has 3 heteroatoms.